The number of aromatic nitrogens is 4. The fraction of sp³-hybridized carbons (Fsp3) is 0.0526. The van der Waals surface area contributed by atoms with Crippen LogP contribution in [0.15, 0.2) is 71.2 Å². The molecule has 0 fully saturated rings. The van der Waals surface area contributed by atoms with Crippen LogP contribution in [0.3, 0.4) is 0 Å². The largest absolute Gasteiger partial charge is 0.324 e. The average molecular weight is 408 g/mol. The molecule has 6 nitrogen and oxygen atoms in total. The summed E-state index contributed by atoms with van der Waals surface area (Å²) in [5.41, 5.74) is 1.59. The van der Waals surface area contributed by atoms with E-state index < -0.39 is 0 Å². The van der Waals surface area contributed by atoms with E-state index in [-0.39, 0.29) is 12.5 Å². The van der Waals surface area contributed by atoms with Gasteiger partial charge in [-0.25, -0.2) is 0 Å². The number of hydrogen-bond donors (Lipinski definition) is 1. The topological polar surface area (TPSA) is 72.7 Å². The minimum atomic E-state index is -0.211. The van der Waals surface area contributed by atoms with Gasteiger partial charge >= 0.3 is 0 Å². The van der Waals surface area contributed by atoms with Crippen LogP contribution in [0.1, 0.15) is 0 Å². The van der Waals surface area contributed by atoms with E-state index in [1.807, 2.05) is 66.7 Å². The van der Waals surface area contributed by atoms with Crippen molar-refractivity contribution in [1.29, 1.82) is 0 Å². The molecule has 4 rings (SSSR count). The van der Waals surface area contributed by atoms with Gasteiger partial charge in [0.25, 0.3) is 0 Å². The molecule has 0 spiro atoms. The lowest BCUT2D eigenvalue weighted by Crippen LogP contribution is -2.20. The van der Waals surface area contributed by atoms with E-state index >= 15 is 0 Å². The molecule has 1 N–H and O–H groups in total. The van der Waals surface area contributed by atoms with Gasteiger partial charge in [-0.05, 0) is 28.8 Å². The lowest BCUT2D eigenvalue weighted by Gasteiger charge is -2.08. The third-order valence-corrected chi connectivity index (χ3v) is 4.61. The molecule has 1 heterocycles. The molecule has 0 radical (unpaired) electrons. The van der Waals surface area contributed by atoms with Crippen molar-refractivity contribution in [1.82, 2.24) is 20.2 Å². The number of nitrogens with zero attached hydrogens (tertiary/aromatic N) is 4. The Morgan fingerprint density at radius 2 is 1.77 bits per heavy atom. The predicted molar refractivity (Wildman–Crippen MR) is 104 cm³/mol. The van der Waals surface area contributed by atoms with Gasteiger partial charge in [-0.3, -0.25) is 4.79 Å². The number of rotatable bonds is 4. The molecule has 0 aliphatic carbocycles. The van der Waals surface area contributed by atoms with Crippen molar-refractivity contribution >= 4 is 38.3 Å². The monoisotopic (exact) mass is 407 g/mol. The molecule has 0 aliphatic heterocycles. The number of carbonyl (C=O) groups is 1. The Morgan fingerprint density at radius 3 is 2.65 bits per heavy atom. The molecule has 0 unspecified atom stereocenters. The Morgan fingerprint density at radius 1 is 1.00 bits per heavy atom. The number of benzene rings is 3. The normalized spacial score (nSPS) is 10.8. The maximum Gasteiger partial charge on any atom is 0.248 e. The van der Waals surface area contributed by atoms with E-state index in [1.54, 1.807) is 0 Å². The van der Waals surface area contributed by atoms with Crippen LogP contribution in [-0.4, -0.2) is 26.1 Å². The summed E-state index contributed by atoms with van der Waals surface area (Å²) in [5, 5.41) is 17.3. The SMILES string of the molecule is O=C(Cn1nnc(-c2ccccc2Br)n1)Nc1cccc2ccccc12. The second-order valence-corrected chi connectivity index (χ2v) is 6.55. The summed E-state index contributed by atoms with van der Waals surface area (Å²) in [6, 6.07) is 21.3. The zero-order valence-electron chi connectivity index (χ0n) is 13.6. The second kappa shape index (κ2) is 7.05. The van der Waals surface area contributed by atoms with Crippen LogP contribution in [0.5, 0.6) is 0 Å². The maximum atomic E-state index is 12.4. The van der Waals surface area contributed by atoms with Gasteiger partial charge in [0.1, 0.15) is 6.54 Å². The van der Waals surface area contributed by atoms with Crippen LogP contribution < -0.4 is 5.32 Å². The van der Waals surface area contributed by atoms with Crippen molar-refractivity contribution in [3.63, 3.8) is 0 Å². The average Bonchev–Trinajstić information content (AvgIpc) is 3.10. The number of nitrogens with one attached hydrogen (secondary N) is 1. The third kappa shape index (κ3) is 3.34. The van der Waals surface area contributed by atoms with Crippen LogP contribution in [-0.2, 0) is 11.3 Å². The summed E-state index contributed by atoms with van der Waals surface area (Å²) in [4.78, 5) is 13.7. The minimum Gasteiger partial charge on any atom is -0.324 e. The zero-order valence-corrected chi connectivity index (χ0v) is 15.2. The second-order valence-electron chi connectivity index (χ2n) is 5.70. The van der Waals surface area contributed by atoms with Gasteiger partial charge in [-0.1, -0.05) is 64.5 Å². The highest BCUT2D eigenvalue weighted by molar-refractivity contribution is 9.10. The molecule has 128 valence electrons. The van der Waals surface area contributed by atoms with Crippen LogP contribution in [0.25, 0.3) is 22.2 Å². The van der Waals surface area contributed by atoms with Gasteiger partial charge in [0.2, 0.25) is 11.7 Å². The molecule has 0 atom stereocenters. The summed E-state index contributed by atoms with van der Waals surface area (Å²) in [6.07, 6.45) is 0. The highest BCUT2D eigenvalue weighted by Crippen LogP contribution is 2.24. The molecule has 3 aromatic carbocycles. The summed E-state index contributed by atoms with van der Waals surface area (Å²) < 4.78 is 0.875. The summed E-state index contributed by atoms with van der Waals surface area (Å²) >= 11 is 3.46. The van der Waals surface area contributed by atoms with E-state index in [4.69, 9.17) is 0 Å². The number of fused-ring (bicyclic) bond motifs is 1. The predicted octanol–water partition coefficient (Wildman–Crippen LogP) is 3.89. The molecular weight excluding hydrogens is 394 g/mol. The zero-order chi connectivity index (χ0) is 17.9. The molecule has 0 aliphatic rings. The number of halogens is 1. The van der Waals surface area contributed by atoms with Gasteiger partial charge in [0, 0.05) is 21.1 Å². The van der Waals surface area contributed by atoms with Crippen molar-refractivity contribution in [2.75, 3.05) is 5.32 Å². The van der Waals surface area contributed by atoms with Crippen LogP contribution in [0.2, 0.25) is 0 Å². The Balaban J connectivity index is 1.51. The lowest BCUT2D eigenvalue weighted by molar-refractivity contribution is -0.117. The first-order valence-electron chi connectivity index (χ1n) is 8.01. The Hall–Kier alpha value is -3.06. The quantitative estimate of drug-likeness (QED) is 0.556. The van der Waals surface area contributed by atoms with Gasteiger partial charge in [-0.2, -0.15) is 4.80 Å². The van der Waals surface area contributed by atoms with Crippen molar-refractivity contribution < 1.29 is 4.79 Å². The van der Waals surface area contributed by atoms with Crippen molar-refractivity contribution in [2.45, 2.75) is 6.54 Å². The molecule has 4 aromatic rings. The Bertz CT molecular complexity index is 1090. The molecular formula is C19H14BrN5O. The Kier molecular flexibility index (Phi) is 4.45. The maximum absolute atomic E-state index is 12.4. The summed E-state index contributed by atoms with van der Waals surface area (Å²) in [5.74, 6) is 0.257. The fourth-order valence-corrected chi connectivity index (χ4v) is 3.18. The highest BCUT2D eigenvalue weighted by Gasteiger charge is 2.12. The van der Waals surface area contributed by atoms with Crippen molar-refractivity contribution in [3.8, 4) is 11.4 Å². The summed E-state index contributed by atoms with van der Waals surface area (Å²) in [7, 11) is 0. The van der Waals surface area contributed by atoms with Gasteiger partial charge in [0.05, 0.1) is 0 Å². The van der Waals surface area contributed by atoms with E-state index in [0.29, 0.717) is 5.82 Å². The van der Waals surface area contributed by atoms with E-state index in [2.05, 4.69) is 36.7 Å². The number of amides is 1. The van der Waals surface area contributed by atoms with Crippen LogP contribution in [0.4, 0.5) is 5.69 Å². The number of carbonyl (C=O) groups excluding carboxylic acids is 1. The minimum absolute atomic E-state index is 0.0132. The molecule has 7 heteroatoms. The molecule has 0 bridgehead atoms. The molecule has 1 amide bonds. The molecule has 26 heavy (non-hydrogen) atoms. The fourth-order valence-electron chi connectivity index (χ4n) is 2.71. The van der Waals surface area contributed by atoms with Gasteiger partial charge in [-0.15, -0.1) is 10.2 Å². The highest BCUT2D eigenvalue weighted by atomic mass is 79.9. The first-order valence-corrected chi connectivity index (χ1v) is 8.80. The van der Waals surface area contributed by atoms with Crippen molar-refractivity contribution in [3.05, 3.63) is 71.2 Å². The first kappa shape index (κ1) is 16.4. The molecule has 0 saturated carbocycles. The summed E-state index contributed by atoms with van der Waals surface area (Å²) in [6.45, 7) is -0.0132. The smallest absolute Gasteiger partial charge is 0.248 e. The van der Waals surface area contributed by atoms with E-state index in [1.165, 1.54) is 4.80 Å². The molecule has 1 aromatic heterocycles. The van der Waals surface area contributed by atoms with E-state index in [9.17, 15) is 4.79 Å². The number of hydrogen-bond acceptors (Lipinski definition) is 4. The first-order chi connectivity index (χ1) is 12.7. The Labute approximate surface area is 158 Å². The van der Waals surface area contributed by atoms with Crippen molar-refractivity contribution in [2.24, 2.45) is 0 Å². The molecule has 0 saturated heterocycles. The van der Waals surface area contributed by atoms with Gasteiger partial charge in [0.15, 0.2) is 0 Å². The lowest BCUT2D eigenvalue weighted by atomic mass is 10.1. The standard InChI is InChI=1S/C19H14BrN5O/c20-16-10-4-3-9-15(16)19-22-24-25(23-19)12-18(26)21-17-11-5-7-13-6-1-2-8-14(13)17/h1-11H,12H2,(H,21,26). The third-order valence-electron chi connectivity index (χ3n) is 3.92. The van der Waals surface area contributed by atoms with Crippen LogP contribution >= 0.6 is 15.9 Å². The number of tetrazole rings is 1. The van der Waals surface area contributed by atoms with Crippen LogP contribution in [0, 0.1) is 0 Å². The number of anilines is 1. The van der Waals surface area contributed by atoms with E-state index in [0.717, 1.165) is 26.5 Å². The van der Waals surface area contributed by atoms with Gasteiger partial charge < -0.3 is 5.32 Å².